The fourth-order valence-electron chi connectivity index (χ4n) is 5.00. The zero-order chi connectivity index (χ0) is 25.3. The molecule has 0 radical (unpaired) electrons. The molecule has 2 aliphatic rings. The summed E-state index contributed by atoms with van der Waals surface area (Å²) in [7, 11) is 1.76. The Morgan fingerprint density at radius 1 is 1.15 bits per heavy atom. The van der Waals surface area contributed by atoms with E-state index in [9.17, 15) is 14.7 Å². The van der Waals surface area contributed by atoms with Crippen LogP contribution in [0.1, 0.15) is 59.8 Å². The Balaban J connectivity index is 2.04. The lowest BCUT2D eigenvalue weighted by Crippen LogP contribution is -2.58. The fourth-order valence-corrected chi connectivity index (χ4v) is 5.00. The van der Waals surface area contributed by atoms with Crippen LogP contribution in [0.2, 0.25) is 0 Å². The van der Waals surface area contributed by atoms with Crippen LogP contribution in [0.4, 0.5) is 0 Å². The second kappa shape index (κ2) is 13.8. The number of hydrogen-bond acceptors (Lipinski definition) is 8. The smallest absolute Gasteiger partial charge is 0.240 e. The number of Topliss-reactive ketones (excluding diaryl/α,β-unsaturated/α-hetero) is 1. The number of piperidine rings is 1. The molecule has 0 aromatic rings. The van der Waals surface area contributed by atoms with Crippen molar-refractivity contribution >= 4 is 11.7 Å². The highest BCUT2D eigenvalue weighted by atomic mass is 16.3. The van der Waals surface area contributed by atoms with E-state index in [0.29, 0.717) is 13.1 Å². The van der Waals surface area contributed by atoms with Crippen LogP contribution in [0.5, 0.6) is 0 Å². The molecule has 9 heteroatoms. The van der Waals surface area contributed by atoms with Gasteiger partial charge in [0.05, 0.1) is 18.6 Å². The minimum Gasteiger partial charge on any atom is -0.377 e. The number of likely N-dealkylation sites (N-methyl/N-ethyl adjacent to an activating group) is 1. The molecule has 198 valence electrons. The quantitative estimate of drug-likeness (QED) is 0.276. The molecule has 34 heavy (non-hydrogen) atoms. The lowest BCUT2D eigenvalue weighted by molar-refractivity contribution is -0.138. The number of rotatable bonds is 13. The molecule has 2 fully saturated rings. The number of nitrogens with zero attached hydrogens (tertiary/aromatic N) is 3. The van der Waals surface area contributed by atoms with Gasteiger partial charge in [0, 0.05) is 38.8 Å². The summed E-state index contributed by atoms with van der Waals surface area (Å²) in [6.45, 7) is 13.5. The van der Waals surface area contributed by atoms with Crippen LogP contribution in [0, 0.1) is 5.41 Å². The van der Waals surface area contributed by atoms with E-state index in [0.717, 1.165) is 39.0 Å². The van der Waals surface area contributed by atoms with Crippen molar-refractivity contribution < 1.29 is 14.7 Å². The average Bonchev–Trinajstić information content (AvgIpc) is 3.28. The number of aliphatic hydroxyl groups is 1. The van der Waals surface area contributed by atoms with E-state index in [1.807, 2.05) is 37.5 Å². The normalized spacial score (nSPS) is 22.7. The molecule has 0 spiro atoms. The average molecular weight is 483 g/mol. The van der Waals surface area contributed by atoms with Crippen molar-refractivity contribution in [2.75, 3.05) is 59.4 Å². The van der Waals surface area contributed by atoms with E-state index in [1.54, 1.807) is 7.05 Å². The predicted octanol–water partition coefficient (Wildman–Crippen LogP) is 0.224. The van der Waals surface area contributed by atoms with Crippen LogP contribution in [0.3, 0.4) is 0 Å². The van der Waals surface area contributed by atoms with Gasteiger partial charge < -0.3 is 26.0 Å². The van der Waals surface area contributed by atoms with Gasteiger partial charge in [0.15, 0.2) is 5.78 Å². The number of likely N-dealkylation sites (tertiary alicyclic amines) is 2. The molecule has 2 aliphatic heterocycles. The summed E-state index contributed by atoms with van der Waals surface area (Å²) in [5.74, 6) is 0.0793. The Labute approximate surface area is 206 Å². The van der Waals surface area contributed by atoms with Gasteiger partial charge in [-0.15, -0.1) is 0 Å². The Kier molecular flexibility index (Phi) is 11.9. The van der Waals surface area contributed by atoms with Gasteiger partial charge in [-0.3, -0.25) is 19.8 Å². The zero-order valence-electron chi connectivity index (χ0n) is 22.2. The number of carbonyl (C=O) groups is 2. The van der Waals surface area contributed by atoms with E-state index in [4.69, 9.17) is 5.73 Å². The third-order valence-electron chi connectivity index (χ3n) is 7.40. The Bertz CT molecular complexity index is 635. The van der Waals surface area contributed by atoms with Crippen LogP contribution < -0.4 is 16.4 Å². The minimum atomic E-state index is -0.709. The molecule has 1 amide bonds. The monoisotopic (exact) mass is 482 g/mol. The maximum absolute atomic E-state index is 13.7. The first kappa shape index (κ1) is 29.1. The van der Waals surface area contributed by atoms with E-state index < -0.39 is 12.3 Å². The third-order valence-corrected chi connectivity index (χ3v) is 7.40. The predicted molar refractivity (Wildman–Crippen MR) is 136 cm³/mol. The lowest BCUT2D eigenvalue weighted by atomic mass is 9.85. The van der Waals surface area contributed by atoms with Gasteiger partial charge in [0.25, 0.3) is 0 Å². The third kappa shape index (κ3) is 8.53. The molecule has 1 unspecified atom stereocenters. The SMILES string of the molecule is CN[C@@H](C)C(=O)CN[C@H](C(=O)N1CCC[C@H]1CN(CCN1CCCCC1)C(O)CN)C(C)(C)C. The highest BCUT2D eigenvalue weighted by Gasteiger charge is 2.39. The molecular weight excluding hydrogens is 432 g/mol. The van der Waals surface area contributed by atoms with Crippen molar-refractivity contribution in [3.8, 4) is 0 Å². The molecule has 2 heterocycles. The molecule has 0 bridgehead atoms. The van der Waals surface area contributed by atoms with E-state index in [1.165, 1.54) is 19.3 Å². The van der Waals surface area contributed by atoms with Crippen LogP contribution in [-0.2, 0) is 9.59 Å². The molecular formula is C25H50N6O3. The molecule has 4 atom stereocenters. The number of nitrogens with one attached hydrogen (secondary N) is 2. The molecule has 0 aromatic carbocycles. The Hall–Kier alpha value is -1.10. The van der Waals surface area contributed by atoms with Gasteiger partial charge in [-0.2, -0.15) is 0 Å². The second-order valence-electron chi connectivity index (χ2n) is 11.1. The molecule has 2 saturated heterocycles. The fraction of sp³-hybridized carbons (Fsp3) is 0.920. The Morgan fingerprint density at radius 2 is 1.82 bits per heavy atom. The van der Waals surface area contributed by atoms with E-state index in [2.05, 4.69) is 15.5 Å². The van der Waals surface area contributed by atoms with Crippen LogP contribution in [-0.4, -0.2) is 115 Å². The van der Waals surface area contributed by atoms with Crippen molar-refractivity contribution in [1.29, 1.82) is 0 Å². The number of carbonyl (C=O) groups excluding carboxylic acids is 2. The zero-order valence-corrected chi connectivity index (χ0v) is 22.2. The van der Waals surface area contributed by atoms with Crippen molar-refractivity contribution in [2.24, 2.45) is 11.1 Å². The standard InChI is InChI=1S/C25H50N6O3/c1-19(27-5)21(32)17-28-23(25(2,3)4)24(34)31-13-9-10-20(31)18-30(22(33)16-26)15-14-29-11-7-6-8-12-29/h19-20,22-23,27-28,33H,6-18,26H2,1-5H3/t19-,20-,22?,23+/m0/s1. The van der Waals surface area contributed by atoms with Gasteiger partial charge >= 0.3 is 0 Å². The second-order valence-corrected chi connectivity index (χ2v) is 11.1. The number of hydrogen-bond donors (Lipinski definition) is 4. The molecule has 0 aromatic heterocycles. The van der Waals surface area contributed by atoms with Gasteiger partial charge in [0.2, 0.25) is 5.91 Å². The van der Waals surface area contributed by atoms with Gasteiger partial charge in [0.1, 0.15) is 6.23 Å². The van der Waals surface area contributed by atoms with Gasteiger partial charge in [-0.05, 0) is 58.2 Å². The summed E-state index contributed by atoms with van der Waals surface area (Å²) < 4.78 is 0. The maximum atomic E-state index is 13.7. The number of ketones is 1. The summed E-state index contributed by atoms with van der Waals surface area (Å²) >= 11 is 0. The van der Waals surface area contributed by atoms with E-state index in [-0.39, 0.29) is 42.3 Å². The summed E-state index contributed by atoms with van der Waals surface area (Å²) in [4.78, 5) is 32.5. The first-order valence-electron chi connectivity index (χ1n) is 13.2. The van der Waals surface area contributed by atoms with Crippen LogP contribution in [0.25, 0.3) is 0 Å². The highest BCUT2D eigenvalue weighted by molar-refractivity contribution is 5.87. The first-order chi connectivity index (χ1) is 16.1. The first-order valence-corrected chi connectivity index (χ1v) is 13.2. The number of aliphatic hydroxyl groups excluding tert-OH is 1. The largest absolute Gasteiger partial charge is 0.377 e. The highest BCUT2D eigenvalue weighted by Crippen LogP contribution is 2.26. The summed E-state index contributed by atoms with van der Waals surface area (Å²) in [5, 5.41) is 16.8. The van der Waals surface area contributed by atoms with Gasteiger partial charge in [-0.1, -0.05) is 27.2 Å². The summed E-state index contributed by atoms with van der Waals surface area (Å²) in [6.07, 6.45) is 4.92. The molecule has 2 rings (SSSR count). The maximum Gasteiger partial charge on any atom is 0.240 e. The van der Waals surface area contributed by atoms with Crippen LogP contribution in [0.15, 0.2) is 0 Å². The molecule has 0 aliphatic carbocycles. The van der Waals surface area contributed by atoms with Crippen molar-refractivity contribution in [2.45, 2.75) is 84.2 Å². The van der Waals surface area contributed by atoms with Crippen molar-refractivity contribution in [1.82, 2.24) is 25.3 Å². The summed E-state index contributed by atoms with van der Waals surface area (Å²) in [6, 6.07) is -0.676. The lowest BCUT2D eigenvalue weighted by Gasteiger charge is -2.38. The topological polar surface area (TPSA) is 114 Å². The van der Waals surface area contributed by atoms with Crippen molar-refractivity contribution in [3.63, 3.8) is 0 Å². The number of nitrogens with two attached hydrogens (primary N) is 1. The number of amides is 1. The Morgan fingerprint density at radius 3 is 2.41 bits per heavy atom. The molecule has 0 saturated carbocycles. The molecule has 9 nitrogen and oxygen atoms in total. The van der Waals surface area contributed by atoms with Crippen LogP contribution >= 0.6 is 0 Å². The van der Waals surface area contributed by atoms with E-state index >= 15 is 0 Å². The minimum absolute atomic E-state index is 0.0358. The summed E-state index contributed by atoms with van der Waals surface area (Å²) in [5.41, 5.74) is 5.49. The van der Waals surface area contributed by atoms with Crippen molar-refractivity contribution in [3.05, 3.63) is 0 Å². The molecule has 5 N–H and O–H groups in total. The van der Waals surface area contributed by atoms with Gasteiger partial charge in [-0.25, -0.2) is 0 Å².